The van der Waals surface area contributed by atoms with Gasteiger partial charge in [-0.1, -0.05) is 18.2 Å². The lowest BCUT2D eigenvalue weighted by atomic mass is 10.0. The molecule has 4 heteroatoms. The van der Waals surface area contributed by atoms with Gasteiger partial charge in [-0.3, -0.25) is 4.79 Å². The van der Waals surface area contributed by atoms with Crippen molar-refractivity contribution in [1.82, 2.24) is 5.32 Å². The number of carbonyl (C=O) groups is 1. The van der Waals surface area contributed by atoms with Crippen molar-refractivity contribution in [3.05, 3.63) is 59.2 Å². The molecule has 126 valence electrons. The van der Waals surface area contributed by atoms with Crippen LogP contribution in [0.15, 0.2) is 42.5 Å². The minimum Gasteiger partial charge on any atom is -0.497 e. The zero-order valence-corrected chi connectivity index (χ0v) is 14.2. The van der Waals surface area contributed by atoms with Crippen LogP contribution in [0.25, 0.3) is 0 Å². The molecule has 2 aromatic carbocycles. The normalized spacial score (nSPS) is 13.9. The fraction of sp³-hybridized carbons (Fsp3) is 0.350. The number of rotatable bonds is 6. The van der Waals surface area contributed by atoms with Crippen LogP contribution >= 0.6 is 0 Å². The number of aryl methyl sites for hydroxylation is 2. The molecule has 0 saturated carbocycles. The SMILES string of the molecule is COc1ccc(OCC(=O)N[C@@H](C)c2ccc3c(c2)CCC3)cc1. The number of nitrogens with one attached hydrogen (secondary N) is 1. The van der Waals surface area contributed by atoms with Crippen molar-refractivity contribution in [2.24, 2.45) is 0 Å². The molecule has 4 nitrogen and oxygen atoms in total. The largest absolute Gasteiger partial charge is 0.497 e. The lowest BCUT2D eigenvalue weighted by Gasteiger charge is -2.16. The average molecular weight is 325 g/mol. The molecule has 0 fully saturated rings. The quantitative estimate of drug-likeness (QED) is 0.885. The van der Waals surface area contributed by atoms with Crippen molar-refractivity contribution in [3.63, 3.8) is 0 Å². The smallest absolute Gasteiger partial charge is 0.258 e. The standard InChI is InChI=1S/C20H23NO3/c1-14(16-7-6-15-4-3-5-17(15)12-16)21-20(22)13-24-19-10-8-18(23-2)9-11-19/h6-12,14H,3-5,13H2,1-2H3,(H,21,22)/t14-/m0/s1. The monoisotopic (exact) mass is 325 g/mol. The van der Waals surface area contributed by atoms with E-state index >= 15 is 0 Å². The van der Waals surface area contributed by atoms with E-state index in [1.54, 1.807) is 31.4 Å². The van der Waals surface area contributed by atoms with Gasteiger partial charge in [-0.2, -0.15) is 0 Å². The third kappa shape index (κ3) is 3.88. The Morgan fingerprint density at radius 2 is 1.79 bits per heavy atom. The van der Waals surface area contributed by atoms with Crippen molar-refractivity contribution in [2.45, 2.75) is 32.2 Å². The molecule has 1 atom stereocenters. The van der Waals surface area contributed by atoms with Gasteiger partial charge in [0, 0.05) is 0 Å². The molecule has 24 heavy (non-hydrogen) atoms. The molecular weight excluding hydrogens is 302 g/mol. The van der Waals surface area contributed by atoms with Crippen LogP contribution in [-0.4, -0.2) is 19.6 Å². The molecule has 1 amide bonds. The Hall–Kier alpha value is -2.49. The predicted octanol–water partition coefficient (Wildman–Crippen LogP) is 3.44. The van der Waals surface area contributed by atoms with Crippen molar-refractivity contribution in [3.8, 4) is 11.5 Å². The van der Waals surface area contributed by atoms with Gasteiger partial charge in [0.1, 0.15) is 11.5 Å². The second kappa shape index (κ2) is 7.39. The summed E-state index contributed by atoms with van der Waals surface area (Å²) in [5.41, 5.74) is 4.01. The molecule has 1 aliphatic carbocycles. The summed E-state index contributed by atoms with van der Waals surface area (Å²) in [7, 11) is 1.61. The van der Waals surface area contributed by atoms with Crippen LogP contribution in [0.4, 0.5) is 0 Å². The van der Waals surface area contributed by atoms with Gasteiger partial charge in [0.05, 0.1) is 13.2 Å². The van der Waals surface area contributed by atoms with E-state index in [2.05, 4.69) is 23.5 Å². The fourth-order valence-corrected chi connectivity index (χ4v) is 3.05. The third-order valence-electron chi connectivity index (χ3n) is 4.43. The molecule has 0 radical (unpaired) electrons. The van der Waals surface area contributed by atoms with E-state index in [0.29, 0.717) is 5.75 Å². The molecule has 1 N–H and O–H groups in total. The Bertz CT molecular complexity index is 709. The topological polar surface area (TPSA) is 47.6 Å². The first-order valence-electron chi connectivity index (χ1n) is 8.33. The van der Waals surface area contributed by atoms with Gasteiger partial charge in [0.25, 0.3) is 5.91 Å². The van der Waals surface area contributed by atoms with Gasteiger partial charge in [0.15, 0.2) is 6.61 Å². The van der Waals surface area contributed by atoms with E-state index in [-0.39, 0.29) is 18.6 Å². The number of amides is 1. The van der Waals surface area contributed by atoms with E-state index in [1.165, 1.54) is 24.0 Å². The van der Waals surface area contributed by atoms with Gasteiger partial charge in [-0.05, 0) is 67.1 Å². The van der Waals surface area contributed by atoms with Crippen LogP contribution in [0.5, 0.6) is 11.5 Å². The summed E-state index contributed by atoms with van der Waals surface area (Å²) >= 11 is 0. The highest BCUT2D eigenvalue weighted by atomic mass is 16.5. The van der Waals surface area contributed by atoms with E-state index in [4.69, 9.17) is 9.47 Å². The summed E-state index contributed by atoms with van der Waals surface area (Å²) in [6.07, 6.45) is 3.55. The highest BCUT2D eigenvalue weighted by molar-refractivity contribution is 5.78. The zero-order chi connectivity index (χ0) is 16.9. The van der Waals surface area contributed by atoms with Crippen molar-refractivity contribution in [1.29, 1.82) is 0 Å². The summed E-state index contributed by atoms with van der Waals surface area (Å²) in [6.45, 7) is 2.00. The summed E-state index contributed by atoms with van der Waals surface area (Å²) in [5.74, 6) is 1.28. The van der Waals surface area contributed by atoms with E-state index in [1.807, 2.05) is 6.92 Å². The lowest BCUT2D eigenvalue weighted by molar-refractivity contribution is -0.123. The summed E-state index contributed by atoms with van der Waals surface area (Å²) in [4.78, 5) is 12.1. The molecule has 0 aromatic heterocycles. The second-order valence-electron chi connectivity index (χ2n) is 6.14. The maximum Gasteiger partial charge on any atom is 0.258 e. The third-order valence-corrected chi connectivity index (χ3v) is 4.43. The Kier molecular flexibility index (Phi) is 5.04. The molecule has 0 unspecified atom stereocenters. The number of benzene rings is 2. The first-order valence-corrected chi connectivity index (χ1v) is 8.33. The molecule has 0 aliphatic heterocycles. The average Bonchev–Trinajstić information content (AvgIpc) is 3.08. The van der Waals surface area contributed by atoms with Crippen LogP contribution in [0.1, 0.15) is 36.1 Å². The van der Waals surface area contributed by atoms with Crippen molar-refractivity contribution < 1.29 is 14.3 Å². The Labute approximate surface area is 142 Å². The molecule has 0 bridgehead atoms. The Balaban J connectivity index is 1.52. The molecular formula is C20H23NO3. The molecule has 0 heterocycles. The zero-order valence-electron chi connectivity index (χ0n) is 14.2. The minimum atomic E-state index is -0.126. The number of hydrogen-bond acceptors (Lipinski definition) is 3. The number of carbonyl (C=O) groups excluding carboxylic acids is 1. The second-order valence-corrected chi connectivity index (χ2v) is 6.14. The van der Waals surface area contributed by atoms with Crippen LogP contribution in [0.2, 0.25) is 0 Å². The molecule has 2 aromatic rings. The predicted molar refractivity (Wildman–Crippen MR) is 93.5 cm³/mol. The molecule has 3 rings (SSSR count). The molecule has 0 saturated heterocycles. The van der Waals surface area contributed by atoms with E-state index in [9.17, 15) is 4.79 Å². The van der Waals surface area contributed by atoms with Gasteiger partial charge in [-0.25, -0.2) is 0 Å². The maximum atomic E-state index is 12.1. The maximum absolute atomic E-state index is 12.1. The van der Waals surface area contributed by atoms with Crippen molar-refractivity contribution >= 4 is 5.91 Å². The minimum absolute atomic E-state index is 0.00160. The van der Waals surface area contributed by atoms with Crippen LogP contribution in [0.3, 0.4) is 0 Å². The molecule has 0 spiro atoms. The summed E-state index contributed by atoms with van der Waals surface area (Å²) < 4.78 is 10.6. The first-order chi connectivity index (χ1) is 11.7. The first kappa shape index (κ1) is 16.4. The van der Waals surface area contributed by atoms with Gasteiger partial charge >= 0.3 is 0 Å². The summed E-state index contributed by atoms with van der Waals surface area (Å²) in [6, 6.07) is 13.7. The van der Waals surface area contributed by atoms with Gasteiger partial charge < -0.3 is 14.8 Å². The van der Waals surface area contributed by atoms with Gasteiger partial charge in [0.2, 0.25) is 0 Å². The molecule has 1 aliphatic rings. The van der Waals surface area contributed by atoms with E-state index < -0.39 is 0 Å². The summed E-state index contributed by atoms with van der Waals surface area (Å²) in [5, 5.41) is 2.99. The van der Waals surface area contributed by atoms with E-state index in [0.717, 1.165) is 17.7 Å². The van der Waals surface area contributed by atoms with Crippen LogP contribution in [-0.2, 0) is 17.6 Å². The number of hydrogen-bond donors (Lipinski definition) is 1. The highest BCUT2D eigenvalue weighted by Crippen LogP contribution is 2.25. The Morgan fingerprint density at radius 3 is 2.54 bits per heavy atom. The van der Waals surface area contributed by atoms with Crippen molar-refractivity contribution in [2.75, 3.05) is 13.7 Å². The number of fused-ring (bicyclic) bond motifs is 1. The number of ether oxygens (including phenoxy) is 2. The highest BCUT2D eigenvalue weighted by Gasteiger charge is 2.15. The van der Waals surface area contributed by atoms with Crippen LogP contribution in [0, 0.1) is 0 Å². The Morgan fingerprint density at radius 1 is 1.08 bits per heavy atom. The number of methoxy groups -OCH3 is 1. The van der Waals surface area contributed by atoms with Gasteiger partial charge in [-0.15, -0.1) is 0 Å². The van der Waals surface area contributed by atoms with Crippen LogP contribution < -0.4 is 14.8 Å². The lowest BCUT2D eigenvalue weighted by Crippen LogP contribution is -2.31. The fourth-order valence-electron chi connectivity index (χ4n) is 3.05.